The summed E-state index contributed by atoms with van der Waals surface area (Å²) in [5, 5.41) is 29.2. The molecule has 0 radical (unpaired) electrons. The Hall–Kier alpha value is -7.75. The summed E-state index contributed by atoms with van der Waals surface area (Å²) in [4.78, 5) is 107. The molecule has 6 amide bonds. The summed E-state index contributed by atoms with van der Waals surface area (Å²) in [6, 6.07) is 18.1. The van der Waals surface area contributed by atoms with E-state index in [2.05, 4.69) is 86.4 Å². The van der Waals surface area contributed by atoms with Crippen molar-refractivity contribution in [2.75, 3.05) is 120 Å². The third kappa shape index (κ3) is 19.1. The molecule has 3 aromatic carbocycles. The van der Waals surface area contributed by atoms with Gasteiger partial charge in [-0.05, 0) is 123 Å². The third-order valence-corrected chi connectivity index (χ3v) is 22.1. The number of carbonyl (C=O) groups excluding carboxylic acids is 6. The average molecular weight is 1400 g/mol. The molecule has 5 aromatic rings. The van der Waals surface area contributed by atoms with E-state index in [-0.39, 0.29) is 79.2 Å². The van der Waals surface area contributed by atoms with E-state index < -0.39 is 58.5 Å². The molecule has 6 saturated heterocycles. The average Bonchev–Trinajstić information content (AvgIpc) is 0.970. The van der Waals surface area contributed by atoms with E-state index in [1.807, 2.05) is 88.7 Å². The highest BCUT2D eigenvalue weighted by Crippen LogP contribution is 2.40. The Balaban J connectivity index is 0.542. The monoisotopic (exact) mass is 1400 g/mol. The summed E-state index contributed by atoms with van der Waals surface area (Å²) in [5.41, 5.74) is 6.16. The second-order valence-electron chi connectivity index (χ2n) is 30.5. The van der Waals surface area contributed by atoms with Crippen LogP contribution in [0.25, 0.3) is 10.4 Å². The Bertz CT molecular complexity index is 3710. The number of rotatable bonds is 26. The number of nitrogens with one attached hydrogen (secondary N) is 6. The number of aliphatic hydroxyl groups excluding tert-OH is 1. The molecule has 0 bridgehead atoms. The molecule has 0 unspecified atom stereocenters. The molecule has 2 aromatic heterocycles. The van der Waals surface area contributed by atoms with Gasteiger partial charge in [0.25, 0.3) is 0 Å². The maximum absolute atomic E-state index is 15.8. The fraction of sp³-hybridized carbons (Fsp3) is 0.581. The number of hydrogen-bond donors (Lipinski definition) is 7. The minimum absolute atomic E-state index is 0.0214. The van der Waals surface area contributed by atoms with Crippen LogP contribution < -0.4 is 41.7 Å². The van der Waals surface area contributed by atoms with E-state index in [1.54, 1.807) is 16.2 Å². The molecular formula is C74H101F2N15O8S. The lowest BCUT2D eigenvalue weighted by Gasteiger charge is -2.48. The molecule has 7 N–H and O–H groups in total. The van der Waals surface area contributed by atoms with Crippen LogP contribution in [0.4, 0.5) is 26.1 Å². The second-order valence-corrected chi connectivity index (χ2v) is 31.4. The Kier molecular flexibility index (Phi) is 23.6. The molecule has 8 heterocycles. The van der Waals surface area contributed by atoms with Crippen molar-refractivity contribution in [2.24, 2.45) is 16.2 Å². The second kappa shape index (κ2) is 32.1. The normalized spacial score (nSPS) is 21.7. The molecular weight excluding hydrogens is 1300 g/mol. The number of piperazine rings is 1. The van der Waals surface area contributed by atoms with Gasteiger partial charge in [-0.2, -0.15) is 0 Å². The summed E-state index contributed by atoms with van der Waals surface area (Å²) >= 11 is 1.56. The van der Waals surface area contributed by atoms with Crippen LogP contribution in [0.1, 0.15) is 133 Å². The van der Waals surface area contributed by atoms with Gasteiger partial charge in [0.05, 0.1) is 65.8 Å². The van der Waals surface area contributed by atoms with Crippen molar-refractivity contribution < 1.29 is 47.4 Å². The highest BCUT2D eigenvalue weighted by Gasteiger charge is 2.47. The Morgan fingerprint density at radius 3 is 2.21 bits per heavy atom. The molecule has 6 aliphatic heterocycles. The molecule has 2 spiro atoms. The first kappa shape index (κ1) is 73.5. The van der Waals surface area contributed by atoms with Crippen molar-refractivity contribution in [2.45, 2.75) is 156 Å². The van der Waals surface area contributed by atoms with Crippen molar-refractivity contribution in [1.29, 1.82) is 0 Å². The number of hydrogen-bond acceptors (Lipinski definition) is 18. The molecule has 23 nitrogen and oxygen atoms in total. The molecule has 100 heavy (non-hydrogen) atoms. The zero-order chi connectivity index (χ0) is 70.9. The van der Waals surface area contributed by atoms with E-state index in [4.69, 9.17) is 4.74 Å². The van der Waals surface area contributed by atoms with Gasteiger partial charge in [0.1, 0.15) is 41.7 Å². The van der Waals surface area contributed by atoms with Crippen LogP contribution in [0, 0.1) is 34.8 Å². The van der Waals surface area contributed by atoms with Gasteiger partial charge in [0, 0.05) is 109 Å². The summed E-state index contributed by atoms with van der Waals surface area (Å²) in [6.45, 7) is 23.9. The standard InChI is InChI=1S/C74H101F2N15O8S/c1-49(53-11-13-54(14-12-53)67-50(2)82-48-100-67)83-69(97)60-35-56(92)41-91(60)70(98)68(71(3,4)5)84-64(94)16-15-63(93)77-23-31-99-32-30-87-26-19-73(44-87)20-27-88(45-73)42-65(95)79-39-52-10-8-9-51(33-52)38-78-61-37-62(81-47-80-61)89-28-21-74(22-29-89)46-90(43-66(96)85-74)59-36-57(75)55(34-58(59)76)40-86-24-17-72(6,7)18-25-86/h8-14,33-34,36-37,47-49,56,60,68,92H,15-32,35,38-46H2,1-7H3,(H,77,93)(H,79,95)(H,83,97)(H,84,94)(H,85,96)(H,78,80,81)/t49-,56+,60-,68+,73+/m0/s1. The lowest BCUT2D eigenvalue weighted by Crippen LogP contribution is -2.66. The molecule has 5 atom stereocenters. The maximum atomic E-state index is 15.8. The minimum atomic E-state index is -1.02. The van der Waals surface area contributed by atoms with E-state index in [0.29, 0.717) is 83.3 Å². The van der Waals surface area contributed by atoms with Crippen molar-refractivity contribution in [3.8, 4) is 10.4 Å². The lowest BCUT2D eigenvalue weighted by molar-refractivity contribution is -0.144. The summed E-state index contributed by atoms with van der Waals surface area (Å²) in [5.74, 6) is -1.46. The van der Waals surface area contributed by atoms with Crippen molar-refractivity contribution in [1.82, 2.24) is 61.1 Å². The number of thiazole rings is 1. The Labute approximate surface area is 590 Å². The topological polar surface area (TPSA) is 262 Å². The van der Waals surface area contributed by atoms with E-state index in [9.17, 15) is 33.9 Å². The third-order valence-electron chi connectivity index (χ3n) is 21.1. The van der Waals surface area contributed by atoms with Crippen LogP contribution >= 0.6 is 11.3 Å². The largest absolute Gasteiger partial charge is 0.391 e. The zero-order valence-electron chi connectivity index (χ0n) is 59.1. The van der Waals surface area contributed by atoms with Gasteiger partial charge in [0.15, 0.2) is 0 Å². The lowest BCUT2D eigenvalue weighted by atomic mass is 9.82. The van der Waals surface area contributed by atoms with Gasteiger partial charge in [-0.25, -0.2) is 23.7 Å². The van der Waals surface area contributed by atoms with Gasteiger partial charge in [0.2, 0.25) is 35.4 Å². The predicted octanol–water partition coefficient (Wildman–Crippen LogP) is 6.69. The van der Waals surface area contributed by atoms with E-state index in [0.717, 1.165) is 110 Å². The number of β-amino-alcohol motifs (C(OH)–C–C–N with tert-alkyl or cyclic N) is 1. The number of piperidine rings is 2. The van der Waals surface area contributed by atoms with Crippen LogP contribution in [0.3, 0.4) is 0 Å². The number of amides is 6. The van der Waals surface area contributed by atoms with Crippen molar-refractivity contribution in [3.63, 3.8) is 0 Å². The molecule has 11 rings (SSSR count). The minimum Gasteiger partial charge on any atom is -0.391 e. The number of ether oxygens (including phenoxy) is 1. The van der Waals surface area contributed by atoms with Crippen LogP contribution in [0.15, 0.2) is 78.6 Å². The summed E-state index contributed by atoms with van der Waals surface area (Å²) in [7, 11) is 0. The van der Waals surface area contributed by atoms with Gasteiger partial charge in [-0.3, -0.25) is 38.6 Å². The number of anilines is 3. The van der Waals surface area contributed by atoms with Gasteiger partial charge in [-0.1, -0.05) is 83.1 Å². The highest BCUT2D eigenvalue weighted by atomic mass is 32.1. The van der Waals surface area contributed by atoms with Crippen LogP contribution in [-0.2, 0) is 53.1 Å². The molecule has 6 fully saturated rings. The first-order valence-electron chi connectivity index (χ1n) is 35.6. The molecule has 540 valence electrons. The SMILES string of the molecule is Cc1ncsc1-c1ccc([C@H](C)NC(=O)[C@@H]2C[C@@H](O)CN2C(=O)[C@@H](NC(=O)CCC(=O)NCCOCCN2CC[C@@]3(CCN(CC(=O)NCc4cccc(CNc5cc(N6CCC7(CC6)CN(c6cc(F)c(CN8CCC(C)(C)CC8)cc6F)CC(=O)N7)ncn5)c4)C3)C2)C(C)(C)C)cc1. The van der Waals surface area contributed by atoms with E-state index in [1.165, 1.54) is 23.4 Å². The molecule has 0 saturated carbocycles. The maximum Gasteiger partial charge on any atom is 0.246 e. The first-order valence-corrected chi connectivity index (χ1v) is 36.4. The summed E-state index contributed by atoms with van der Waals surface area (Å²) < 4.78 is 37.3. The van der Waals surface area contributed by atoms with Crippen LogP contribution in [0.2, 0.25) is 0 Å². The number of aryl methyl sites for hydroxylation is 1. The van der Waals surface area contributed by atoms with Gasteiger partial charge in [-0.15, -0.1) is 11.3 Å². The highest BCUT2D eigenvalue weighted by molar-refractivity contribution is 7.13. The summed E-state index contributed by atoms with van der Waals surface area (Å²) in [6.07, 6.45) is 5.73. The fourth-order valence-corrected chi connectivity index (χ4v) is 15.9. The quantitative estimate of drug-likeness (QED) is 0.0284. The Morgan fingerprint density at radius 1 is 0.770 bits per heavy atom. The van der Waals surface area contributed by atoms with Crippen molar-refractivity contribution in [3.05, 3.63) is 118 Å². The van der Waals surface area contributed by atoms with Crippen molar-refractivity contribution >= 4 is 64.1 Å². The number of benzene rings is 3. The number of halogens is 2. The molecule has 26 heteroatoms. The molecule has 6 aliphatic rings. The van der Waals surface area contributed by atoms with E-state index >= 15 is 8.78 Å². The van der Waals surface area contributed by atoms with Crippen LogP contribution in [-0.4, -0.2) is 204 Å². The molecule has 0 aliphatic carbocycles. The zero-order valence-corrected chi connectivity index (χ0v) is 59.9. The Morgan fingerprint density at radius 2 is 1.48 bits per heavy atom. The predicted molar refractivity (Wildman–Crippen MR) is 381 cm³/mol. The van der Waals surface area contributed by atoms with Crippen LogP contribution in [0.5, 0.6) is 0 Å². The first-order chi connectivity index (χ1) is 47.8. The number of aromatic nitrogens is 3. The smallest absolute Gasteiger partial charge is 0.246 e. The van der Waals surface area contributed by atoms with Gasteiger partial charge < -0.3 is 61.3 Å². The number of aliphatic hydroxyl groups is 1. The number of carbonyl (C=O) groups is 6. The fourth-order valence-electron chi connectivity index (χ4n) is 15.0. The number of nitrogens with zero attached hydrogens (tertiary/aromatic N) is 9. The number of likely N-dealkylation sites (tertiary alicyclic amines) is 4. The van der Waals surface area contributed by atoms with Gasteiger partial charge >= 0.3 is 0 Å².